The van der Waals surface area contributed by atoms with E-state index in [0.717, 1.165) is 46.3 Å². The van der Waals surface area contributed by atoms with E-state index in [-0.39, 0.29) is 17.3 Å². The number of rotatable bonds is 5. The average Bonchev–Trinajstić information content (AvgIpc) is 3.38. The molecule has 34 heavy (non-hydrogen) atoms. The van der Waals surface area contributed by atoms with Crippen LogP contribution in [0.25, 0.3) is 11.8 Å². The molecule has 3 aliphatic rings. The van der Waals surface area contributed by atoms with E-state index in [1.54, 1.807) is 6.08 Å². The van der Waals surface area contributed by atoms with Gasteiger partial charge >= 0.3 is 0 Å². The molecule has 0 atom stereocenters. The first-order valence-corrected chi connectivity index (χ1v) is 12.7. The molecule has 1 aromatic heterocycles. The van der Waals surface area contributed by atoms with Crippen LogP contribution in [0.3, 0.4) is 0 Å². The molecule has 0 bridgehead atoms. The van der Waals surface area contributed by atoms with E-state index >= 15 is 0 Å². The number of hydrazone groups is 1. The molecular weight excluding hydrogens is 446 g/mol. The average molecular weight is 476 g/mol. The van der Waals surface area contributed by atoms with Crippen molar-refractivity contribution in [3.63, 3.8) is 0 Å². The quantitative estimate of drug-likeness (QED) is 0.563. The summed E-state index contributed by atoms with van der Waals surface area (Å²) < 4.78 is 7.96. The molecule has 0 radical (unpaired) electrons. The van der Waals surface area contributed by atoms with E-state index in [1.807, 2.05) is 51.1 Å². The Morgan fingerprint density at radius 3 is 2.74 bits per heavy atom. The number of aliphatic imine (C=N–C) groups is 1. The van der Waals surface area contributed by atoms with Crippen LogP contribution in [-0.4, -0.2) is 38.1 Å². The zero-order valence-electron chi connectivity index (χ0n) is 19.8. The van der Waals surface area contributed by atoms with Gasteiger partial charge in [0.25, 0.3) is 5.91 Å². The van der Waals surface area contributed by atoms with E-state index in [9.17, 15) is 4.79 Å². The Bertz CT molecular complexity index is 1250. The number of aromatic nitrogens is 1. The van der Waals surface area contributed by atoms with Gasteiger partial charge in [-0.15, -0.1) is 0 Å². The fourth-order valence-electron chi connectivity index (χ4n) is 4.90. The number of ether oxygens (including phenoxy) is 1. The van der Waals surface area contributed by atoms with Gasteiger partial charge in [-0.05, 0) is 75.2 Å². The van der Waals surface area contributed by atoms with E-state index in [4.69, 9.17) is 15.2 Å². The number of para-hydroxylation sites is 2. The van der Waals surface area contributed by atoms with Gasteiger partial charge in [-0.25, -0.2) is 0 Å². The molecule has 176 valence electrons. The first-order chi connectivity index (χ1) is 16.5. The molecule has 0 spiro atoms. The summed E-state index contributed by atoms with van der Waals surface area (Å²) in [5.41, 5.74) is 4.07. The van der Waals surface area contributed by atoms with Crippen LogP contribution in [0, 0.1) is 25.2 Å². The Balaban J connectivity index is 1.48. The summed E-state index contributed by atoms with van der Waals surface area (Å²) in [6.45, 7) is 6.59. The summed E-state index contributed by atoms with van der Waals surface area (Å²) in [6, 6.07) is 9.95. The first-order valence-electron chi connectivity index (χ1n) is 11.9. The second-order valence-electron chi connectivity index (χ2n) is 8.86. The fraction of sp³-hybridized carbons (Fsp3) is 0.385. The molecule has 1 aliphatic carbocycles. The molecule has 2 aliphatic heterocycles. The minimum Gasteiger partial charge on any atom is -0.492 e. The maximum absolute atomic E-state index is 12.9. The number of amides is 1. The number of nitrogens with zero attached hydrogens (tertiary/aromatic N) is 4. The van der Waals surface area contributed by atoms with Crippen molar-refractivity contribution in [3.05, 3.63) is 52.9 Å². The normalized spacial score (nSPS) is 20.0. The second-order valence-corrected chi connectivity index (χ2v) is 9.84. The summed E-state index contributed by atoms with van der Waals surface area (Å²) in [5.74, 6) is 0.920. The zero-order chi connectivity index (χ0) is 23.8. The molecule has 0 unspecified atom stereocenters. The molecule has 0 saturated heterocycles. The molecule has 1 saturated carbocycles. The number of amidine groups is 2. The van der Waals surface area contributed by atoms with Gasteiger partial charge in [-0.1, -0.05) is 31.4 Å². The van der Waals surface area contributed by atoms with Crippen LogP contribution in [0.15, 0.2) is 46.0 Å². The van der Waals surface area contributed by atoms with Crippen molar-refractivity contribution in [1.29, 1.82) is 5.41 Å². The fourth-order valence-corrected chi connectivity index (χ4v) is 5.96. The lowest BCUT2D eigenvalue weighted by atomic mass is 9.90. The highest BCUT2D eigenvalue weighted by Crippen LogP contribution is 2.36. The summed E-state index contributed by atoms with van der Waals surface area (Å²) >= 11 is 1.45. The third kappa shape index (κ3) is 4.00. The predicted molar refractivity (Wildman–Crippen MR) is 138 cm³/mol. The number of benzene rings is 1. The summed E-state index contributed by atoms with van der Waals surface area (Å²) in [4.78, 5) is 17.2. The number of thioether (sulfide) groups is 1. The van der Waals surface area contributed by atoms with Crippen LogP contribution in [0.4, 0.5) is 0 Å². The molecule has 1 N–H and O–H groups in total. The highest BCUT2D eigenvalue weighted by atomic mass is 32.2. The third-order valence-electron chi connectivity index (χ3n) is 6.60. The van der Waals surface area contributed by atoms with Crippen molar-refractivity contribution < 1.29 is 9.53 Å². The van der Waals surface area contributed by atoms with E-state index in [1.165, 1.54) is 36.0 Å². The number of hydrogen-bond acceptors (Lipinski definition) is 5. The summed E-state index contributed by atoms with van der Waals surface area (Å²) in [6.07, 6.45) is 7.69. The number of aryl methyl sites for hydroxylation is 1. The van der Waals surface area contributed by atoms with Gasteiger partial charge < -0.3 is 9.30 Å². The van der Waals surface area contributed by atoms with Crippen molar-refractivity contribution >= 4 is 39.8 Å². The van der Waals surface area contributed by atoms with E-state index in [2.05, 4.69) is 9.56 Å². The van der Waals surface area contributed by atoms with Gasteiger partial charge in [0.1, 0.15) is 10.8 Å². The van der Waals surface area contributed by atoms with Gasteiger partial charge in [0.05, 0.1) is 17.9 Å². The van der Waals surface area contributed by atoms with E-state index < -0.39 is 0 Å². The largest absolute Gasteiger partial charge is 0.492 e. The van der Waals surface area contributed by atoms with Crippen LogP contribution >= 0.6 is 11.8 Å². The summed E-state index contributed by atoms with van der Waals surface area (Å²) in [5, 5.41) is 16.5. The molecule has 3 heterocycles. The molecule has 1 aromatic carbocycles. The van der Waals surface area contributed by atoms with E-state index in [0.29, 0.717) is 17.7 Å². The van der Waals surface area contributed by atoms with Crippen molar-refractivity contribution in [2.24, 2.45) is 16.0 Å². The standard InChI is InChI=1S/C26H29N5O2S/c1-4-33-22-13-9-8-12-21(22)30-16(2)14-19(17(30)3)15-20-23(27)31-26(28-24(20)32)34-25(29-31)18-10-6-5-7-11-18/h8-9,12-15,18,27H,4-7,10-11H2,1-3H3/b20-15-,27-23?. The highest BCUT2D eigenvalue weighted by Gasteiger charge is 2.38. The predicted octanol–water partition coefficient (Wildman–Crippen LogP) is 5.69. The number of fused-ring (bicyclic) bond motifs is 1. The molecule has 7 nitrogen and oxygen atoms in total. The Labute approximate surface area is 204 Å². The van der Waals surface area contributed by atoms with Crippen molar-refractivity contribution in [2.75, 3.05) is 6.61 Å². The molecule has 8 heteroatoms. The van der Waals surface area contributed by atoms with Crippen molar-refractivity contribution in [2.45, 2.75) is 52.9 Å². The van der Waals surface area contributed by atoms with Crippen molar-refractivity contribution in [1.82, 2.24) is 9.58 Å². The Morgan fingerprint density at radius 2 is 1.97 bits per heavy atom. The number of nitrogens with one attached hydrogen (secondary N) is 1. The monoisotopic (exact) mass is 475 g/mol. The lowest BCUT2D eigenvalue weighted by Crippen LogP contribution is -2.35. The van der Waals surface area contributed by atoms with Crippen LogP contribution in [0.1, 0.15) is 56.0 Å². The highest BCUT2D eigenvalue weighted by molar-refractivity contribution is 8.27. The van der Waals surface area contributed by atoms with Gasteiger partial charge in [-0.2, -0.15) is 15.1 Å². The maximum atomic E-state index is 12.9. The third-order valence-corrected chi connectivity index (χ3v) is 7.67. The SMILES string of the molecule is CCOc1ccccc1-n1c(C)cc(/C=C2/C(=N)N3N=C(C4CCCCC4)SC3=NC2=O)c1C. The molecule has 2 aromatic rings. The van der Waals surface area contributed by atoms with Gasteiger partial charge in [0.2, 0.25) is 5.17 Å². The van der Waals surface area contributed by atoms with Crippen LogP contribution in [0.5, 0.6) is 5.75 Å². The second kappa shape index (κ2) is 9.25. The smallest absolute Gasteiger partial charge is 0.283 e. The Hall–Kier alpha value is -3.13. The lowest BCUT2D eigenvalue weighted by molar-refractivity contribution is -0.114. The van der Waals surface area contributed by atoms with Gasteiger partial charge in [0, 0.05) is 17.3 Å². The maximum Gasteiger partial charge on any atom is 0.283 e. The topological polar surface area (TPSA) is 83.0 Å². The molecule has 1 fully saturated rings. The zero-order valence-corrected chi connectivity index (χ0v) is 20.6. The molecule has 5 rings (SSSR count). The minimum absolute atomic E-state index is 0.0906. The van der Waals surface area contributed by atoms with Crippen LogP contribution in [0.2, 0.25) is 0 Å². The number of carbonyl (C=O) groups excluding carboxylic acids is 1. The number of hydrogen-bond donors (Lipinski definition) is 1. The minimum atomic E-state index is -0.386. The van der Waals surface area contributed by atoms with Gasteiger partial charge in [0.15, 0.2) is 5.84 Å². The van der Waals surface area contributed by atoms with Crippen LogP contribution < -0.4 is 4.74 Å². The molecule has 1 amide bonds. The molecular formula is C26H29N5O2S. The summed E-state index contributed by atoms with van der Waals surface area (Å²) in [7, 11) is 0. The Kier molecular flexibility index (Phi) is 6.16. The number of carbonyl (C=O) groups is 1. The lowest BCUT2D eigenvalue weighted by Gasteiger charge is -2.20. The van der Waals surface area contributed by atoms with Gasteiger partial charge in [-0.3, -0.25) is 10.2 Å². The Morgan fingerprint density at radius 1 is 1.21 bits per heavy atom. The van der Waals surface area contributed by atoms with Crippen molar-refractivity contribution in [3.8, 4) is 11.4 Å². The van der Waals surface area contributed by atoms with Crippen LogP contribution in [-0.2, 0) is 4.79 Å². The first kappa shape index (κ1) is 22.7.